The van der Waals surface area contributed by atoms with Crippen LogP contribution in [0.2, 0.25) is 0 Å². The molecule has 2 aromatic carbocycles. The van der Waals surface area contributed by atoms with E-state index in [0.717, 1.165) is 0 Å². The Balaban J connectivity index is 2.08. The maximum atomic E-state index is 13.4. The van der Waals surface area contributed by atoms with Gasteiger partial charge < -0.3 is 10.4 Å². The summed E-state index contributed by atoms with van der Waals surface area (Å²) in [5.74, 6) is -0.670. The fourth-order valence-electron chi connectivity index (χ4n) is 2.69. The largest absolute Gasteiger partial charge is 0.421 e. The summed E-state index contributed by atoms with van der Waals surface area (Å²) in [6.45, 7) is 2.63. The van der Waals surface area contributed by atoms with E-state index in [4.69, 9.17) is 0 Å². The molecule has 2 aromatic rings. The van der Waals surface area contributed by atoms with E-state index in [1.54, 1.807) is 0 Å². The molecule has 0 heterocycles. The first-order chi connectivity index (χ1) is 13.4. The second kappa shape index (κ2) is 8.54. The van der Waals surface area contributed by atoms with E-state index < -0.39 is 45.7 Å². The van der Waals surface area contributed by atoms with Crippen LogP contribution in [0, 0.1) is 0 Å². The Hall–Kier alpha value is -2.39. The van der Waals surface area contributed by atoms with Gasteiger partial charge in [0.05, 0.1) is 10.1 Å². The lowest BCUT2D eigenvalue weighted by molar-refractivity contribution is -0.268. The number of rotatable bonds is 7. The Kier molecular flexibility index (Phi) is 6.74. The minimum absolute atomic E-state index is 0.0552. The molecule has 1 unspecified atom stereocenters. The van der Waals surface area contributed by atoms with Gasteiger partial charge in [0.2, 0.25) is 0 Å². The van der Waals surface area contributed by atoms with Gasteiger partial charge >= 0.3 is 6.18 Å². The van der Waals surface area contributed by atoms with E-state index in [2.05, 4.69) is 5.32 Å². The second-order valence-corrected chi connectivity index (χ2v) is 9.35. The molecular weight excluding hydrogens is 407 g/mol. The van der Waals surface area contributed by atoms with Crippen molar-refractivity contribution < 1.29 is 31.5 Å². The third-order valence-electron chi connectivity index (χ3n) is 4.56. The number of nitrogens with one attached hydrogen (secondary N) is 1. The Labute approximate surface area is 167 Å². The molecule has 5 nitrogen and oxygen atoms in total. The fraction of sp³-hybridized carbons (Fsp3) is 0.350. The number of benzene rings is 2. The number of carbonyl (C=O) groups is 1. The third-order valence-corrected chi connectivity index (χ3v) is 6.73. The molecule has 9 heteroatoms. The standard InChI is InChI=1S/C20H22F3NO4S/c1-14(2)29(27,28)17-10-8-15(9-11-17)18(25)24-13-12-19(26,20(21,22)23)16-6-4-3-5-7-16/h3-11,14,26H,12-13H2,1-2H3,(H,24,25). The molecule has 29 heavy (non-hydrogen) atoms. The summed E-state index contributed by atoms with van der Waals surface area (Å²) in [5, 5.41) is 11.9. The Morgan fingerprint density at radius 1 is 1.03 bits per heavy atom. The molecule has 0 aliphatic heterocycles. The molecule has 0 saturated carbocycles. The normalized spacial score (nSPS) is 14.4. The van der Waals surface area contributed by atoms with E-state index >= 15 is 0 Å². The Morgan fingerprint density at radius 3 is 2.07 bits per heavy atom. The van der Waals surface area contributed by atoms with Gasteiger partial charge in [-0.3, -0.25) is 4.79 Å². The van der Waals surface area contributed by atoms with Crippen molar-refractivity contribution in [3.05, 3.63) is 65.7 Å². The molecule has 2 N–H and O–H groups in total. The molecule has 1 atom stereocenters. The van der Waals surface area contributed by atoms with Crippen LogP contribution in [0.5, 0.6) is 0 Å². The zero-order valence-electron chi connectivity index (χ0n) is 15.9. The van der Waals surface area contributed by atoms with Crippen LogP contribution >= 0.6 is 0 Å². The first-order valence-electron chi connectivity index (χ1n) is 8.86. The van der Waals surface area contributed by atoms with Crippen molar-refractivity contribution in [2.45, 2.75) is 42.2 Å². The molecule has 0 saturated heterocycles. The molecule has 0 radical (unpaired) electrons. The van der Waals surface area contributed by atoms with Gasteiger partial charge in [-0.2, -0.15) is 13.2 Å². The van der Waals surface area contributed by atoms with E-state index in [9.17, 15) is 31.5 Å². The predicted molar refractivity (Wildman–Crippen MR) is 102 cm³/mol. The van der Waals surface area contributed by atoms with Crippen molar-refractivity contribution in [3.63, 3.8) is 0 Å². The van der Waals surface area contributed by atoms with Gasteiger partial charge in [0, 0.05) is 18.5 Å². The molecule has 158 valence electrons. The number of sulfone groups is 1. The van der Waals surface area contributed by atoms with Crippen LogP contribution in [0.1, 0.15) is 36.2 Å². The van der Waals surface area contributed by atoms with Crippen molar-refractivity contribution in [2.24, 2.45) is 0 Å². The molecule has 0 aliphatic carbocycles. The van der Waals surface area contributed by atoms with E-state index in [1.165, 1.54) is 68.4 Å². The van der Waals surface area contributed by atoms with Crippen LogP contribution in [0.15, 0.2) is 59.5 Å². The van der Waals surface area contributed by atoms with Crippen LogP contribution in [0.4, 0.5) is 13.2 Å². The highest BCUT2D eigenvalue weighted by Crippen LogP contribution is 2.41. The Bertz CT molecular complexity index is 942. The van der Waals surface area contributed by atoms with Crippen LogP contribution in [-0.4, -0.2) is 37.4 Å². The van der Waals surface area contributed by atoms with Gasteiger partial charge in [-0.25, -0.2) is 8.42 Å². The highest BCUT2D eigenvalue weighted by atomic mass is 32.2. The summed E-state index contributed by atoms with van der Waals surface area (Å²) in [4.78, 5) is 12.2. The highest BCUT2D eigenvalue weighted by molar-refractivity contribution is 7.92. The monoisotopic (exact) mass is 429 g/mol. The highest BCUT2D eigenvalue weighted by Gasteiger charge is 2.54. The molecule has 0 aromatic heterocycles. The van der Waals surface area contributed by atoms with Gasteiger partial charge in [0.25, 0.3) is 5.91 Å². The number of aliphatic hydroxyl groups is 1. The Morgan fingerprint density at radius 2 is 1.59 bits per heavy atom. The van der Waals surface area contributed by atoms with Crippen molar-refractivity contribution in [1.29, 1.82) is 0 Å². The second-order valence-electron chi connectivity index (χ2n) is 6.85. The fourth-order valence-corrected chi connectivity index (χ4v) is 3.75. The van der Waals surface area contributed by atoms with Crippen LogP contribution in [-0.2, 0) is 15.4 Å². The maximum Gasteiger partial charge on any atom is 0.421 e. The molecule has 0 aliphatic rings. The number of hydrogen-bond donors (Lipinski definition) is 2. The molecule has 0 fully saturated rings. The van der Waals surface area contributed by atoms with Crippen molar-refractivity contribution in [2.75, 3.05) is 6.54 Å². The van der Waals surface area contributed by atoms with Gasteiger partial charge in [-0.05, 0) is 43.7 Å². The maximum absolute atomic E-state index is 13.4. The van der Waals surface area contributed by atoms with Crippen LogP contribution < -0.4 is 5.32 Å². The predicted octanol–water partition coefficient (Wildman–Crippen LogP) is 3.44. The minimum atomic E-state index is -4.92. The summed E-state index contributed by atoms with van der Waals surface area (Å²) in [7, 11) is -3.49. The summed E-state index contributed by atoms with van der Waals surface area (Å²) < 4.78 is 64.5. The van der Waals surface area contributed by atoms with Crippen LogP contribution in [0.3, 0.4) is 0 Å². The zero-order valence-corrected chi connectivity index (χ0v) is 16.7. The van der Waals surface area contributed by atoms with Crippen molar-refractivity contribution in [3.8, 4) is 0 Å². The molecular formula is C20H22F3NO4S. The SMILES string of the molecule is CC(C)S(=O)(=O)c1ccc(C(=O)NCCC(O)(c2ccccc2)C(F)(F)F)cc1. The number of halogens is 3. The summed E-state index contributed by atoms with van der Waals surface area (Å²) in [5.41, 5.74) is -3.32. The molecule has 2 rings (SSSR count). The average Bonchev–Trinajstić information content (AvgIpc) is 2.67. The van der Waals surface area contributed by atoms with Crippen LogP contribution in [0.25, 0.3) is 0 Å². The minimum Gasteiger partial charge on any atom is -0.376 e. The first kappa shape index (κ1) is 22.9. The van der Waals surface area contributed by atoms with Crippen molar-refractivity contribution >= 4 is 15.7 Å². The number of hydrogen-bond acceptors (Lipinski definition) is 4. The lowest BCUT2D eigenvalue weighted by atomic mass is 9.89. The number of alkyl halides is 3. The van der Waals surface area contributed by atoms with Crippen molar-refractivity contribution in [1.82, 2.24) is 5.32 Å². The number of carbonyl (C=O) groups excluding carboxylic acids is 1. The lowest BCUT2D eigenvalue weighted by Gasteiger charge is -2.31. The van der Waals surface area contributed by atoms with E-state index in [0.29, 0.717) is 0 Å². The van der Waals surface area contributed by atoms with E-state index in [1.807, 2.05) is 0 Å². The smallest absolute Gasteiger partial charge is 0.376 e. The zero-order chi connectivity index (χ0) is 21.9. The quantitative estimate of drug-likeness (QED) is 0.706. The first-order valence-corrected chi connectivity index (χ1v) is 10.4. The van der Waals surface area contributed by atoms with Gasteiger partial charge in [0.1, 0.15) is 0 Å². The van der Waals surface area contributed by atoms with Gasteiger partial charge in [-0.15, -0.1) is 0 Å². The molecule has 1 amide bonds. The summed E-state index contributed by atoms with van der Waals surface area (Å²) in [6.07, 6.45) is -5.70. The topological polar surface area (TPSA) is 83.5 Å². The lowest BCUT2D eigenvalue weighted by Crippen LogP contribution is -2.45. The average molecular weight is 429 g/mol. The number of amides is 1. The van der Waals surface area contributed by atoms with Gasteiger partial charge in [-0.1, -0.05) is 30.3 Å². The third kappa shape index (κ3) is 4.97. The summed E-state index contributed by atoms with van der Waals surface area (Å²) in [6, 6.07) is 11.8. The van der Waals surface area contributed by atoms with Gasteiger partial charge in [0.15, 0.2) is 15.4 Å². The summed E-state index contributed by atoms with van der Waals surface area (Å²) >= 11 is 0. The molecule has 0 bridgehead atoms. The van der Waals surface area contributed by atoms with E-state index in [-0.39, 0.29) is 16.0 Å². The molecule has 0 spiro atoms.